The van der Waals surface area contributed by atoms with E-state index in [0.717, 1.165) is 18.4 Å². The van der Waals surface area contributed by atoms with Crippen LogP contribution in [0, 0.1) is 12.8 Å². The molecule has 1 aliphatic carbocycles. The number of anilines is 2. The highest BCUT2D eigenvalue weighted by Crippen LogP contribution is 2.21. The molecule has 150 valence electrons. The second-order valence-corrected chi connectivity index (χ2v) is 7.05. The lowest BCUT2D eigenvalue weighted by Crippen LogP contribution is -2.23. The van der Waals surface area contributed by atoms with Crippen molar-refractivity contribution in [2.24, 2.45) is 5.92 Å². The van der Waals surface area contributed by atoms with E-state index < -0.39 is 11.9 Å². The third-order valence-corrected chi connectivity index (χ3v) is 4.63. The number of hydrogen-bond acceptors (Lipinski definition) is 4. The van der Waals surface area contributed by atoms with Crippen LogP contribution in [0.3, 0.4) is 0 Å². The zero-order valence-corrected chi connectivity index (χ0v) is 16.3. The number of carbonyl (C=O) groups excluding carboxylic acids is 3. The Morgan fingerprint density at radius 1 is 1.07 bits per heavy atom. The first-order chi connectivity index (χ1) is 14.0. The molecule has 2 aromatic rings. The Balaban J connectivity index is 1.56. The van der Waals surface area contributed by atoms with E-state index in [2.05, 4.69) is 10.6 Å². The Labute approximate surface area is 170 Å². The lowest BCUT2D eigenvalue weighted by atomic mass is 10.1. The largest absolute Gasteiger partial charge is 0.456 e. The molecule has 1 atom stereocenters. The molecule has 2 aromatic carbocycles. The molecule has 0 aliphatic heterocycles. The predicted octanol–water partition coefficient (Wildman–Crippen LogP) is 4.09. The van der Waals surface area contributed by atoms with E-state index in [1.54, 1.807) is 30.3 Å². The number of aryl methyl sites for hydroxylation is 1. The van der Waals surface area contributed by atoms with Crippen molar-refractivity contribution >= 4 is 29.2 Å². The lowest BCUT2D eigenvalue weighted by Gasteiger charge is -2.12. The van der Waals surface area contributed by atoms with Gasteiger partial charge < -0.3 is 15.4 Å². The van der Waals surface area contributed by atoms with Gasteiger partial charge in [0.2, 0.25) is 0 Å². The summed E-state index contributed by atoms with van der Waals surface area (Å²) in [7, 11) is 0. The molecule has 0 heterocycles. The first-order valence-electron chi connectivity index (χ1n) is 9.60. The topological polar surface area (TPSA) is 84.5 Å². The van der Waals surface area contributed by atoms with Crippen molar-refractivity contribution < 1.29 is 19.1 Å². The molecule has 0 bridgehead atoms. The van der Waals surface area contributed by atoms with Crippen LogP contribution in [0.1, 0.15) is 35.2 Å². The van der Waals surface area contributed by atoms with Gasteiger partial charge in [0, 0.05) is 5.69 Å². The van der Waals surface area contributed by atoms with Crippen LogP contribution in [0.4, 0.5) is 11.4 Å². The molecule has 0 radical (unpaired) electrons. The zero-order chi connectivity index (χ0) is 20.6. The fourth-order valence-corrected chi connectivity index (χ4v) is 3.18. The second-order valence-electron chi connectivity index (χ2n) is 7.05. The summed E-state index contributed by atoms with van der Waals surface area (Å²) in [6.07, 6.45) is 6.23. The Morgan fingerprint density at radius 2 is 1.90 bits per heavy atom. The van der Waals surface area contributed by atoms with E-state index in [9.17, 15) is 14.4 Å². The maximum Gasteiger partial charge on any atom is 0.306 e. The quantitative estimate of drug-likeness (QED) is 0.549. The van der Waals surface area contributed by atoms with E-state index in [0.29, 0.717) is 16.9 Å². The van der Waals surface area contributed by atoms with Crippen LogP contribution in [0.25, 0.3) is 0 Å². The number of ether oxygens (including phenoxy) is 1. The Morgan fingerprint density at radius 3 is 2.66 bits per heavy atom. The van der Waals surface area contributed by atoms with Gasteiger partial charge >= 0.3 is 5.97 Å². The normalized spacial score (nSPS) is 15.0. The van der Waals surface area contributed by atoms with Gasteiger partial charge in [-0.05, 0) is 55.5 Å². The van der Waals surface area contributed by atoms with Crippen molar-refractivity contribution in [3.05, 3.63) is 71.8 Å². The van der Waals surface area contributed by atoms with Crippen LogP contribution in [0.2, 0.25) is 0 Å². The van der Waals surface area contributed by atoms with Crippen molar-refractivity contribution in [2.45, 2.75) is 26.2 Å². The van der Waals surface area contributed by atoms with Gasteiger partial charge in [-0.25, -0.2) is 0 Å². The van der Waals surface area contributed by atoms with Crippen molar-refractivity contribution in [1.82, 2.24) is 0 Å². The van der Waals surface area contributed by atoms with Crippen molar-refractivity contribution in [1.29, 1.82) is 0 Å². The molecule has 6 heteroatoms. The maximum absolute atomic E-state index is 12.6. The van der Waals surface area contributed by atoms with Gasteiger partial charge in [0.25, 0.3) is 11.8 Å². The van der Waals surface area contributed by atoms with Gasteiger partial charge in [-0.1, -0.05) is 36.4 Å². The minimum absolute atomic E-state index is 0.191. The molecule has 0 saturated carbocycles. The van der Waals surface area contributed by atoms with E-state index in [1.807, 2.05) is 37.3 Å². The third kappa shape index (κ3) is 6.04. The molecule has 0 saturated heterocycles. The molecule has 0 unspecified atom stereocenters. The van der Waals surface area contributed by atoms with Crippen LogP contribution in [0.5, 0.6) is 0 Å². The average Bonchev–Trinajstić information content (AvgIpc) is 3.20. The number of nitrogens with one attached hydrogen (secondary N) is 2. The molecule has 3 rings (SSSR count). The number of para-hydroxylation sites is 1. The SMILES string of the molecule is Cc1cccc(NC(=O)c2ccccc2NC(=O)COC(=O)C[C@H]2C=CCC2)c1. The monoisotopic (exact) mass is 392 g/mol. The molecule has 1 aliphatic rings. The number of rotatable bonds is 7. The Hall–Kier alpha value is -3.41. The molecule has 0 spiro atoms. The van der Waals surface area contributed by atoms with Crippen molar-refractivity contribution in [3.63, 3.8) is 0 Å². The van der Waals surface area contributed by atoms with Gasteiger partial charge in [0.15, 0.2) is 6.61 Å². The number of benzene rings is 2. The summed E-state index contributed by atoms with van der Waals surface area (Å²) in [6.45, 7) is 1.55. The van der Waals surface area contributed by atoms with Crippen LogP contribution in [-0.2, 0) is 14.3 Å². The highest BCUT2D eigenvalue weighted by atomic mass is 16.5. The summed E-state index contributed by atoms with van der Waals surface area (Å²) in [5, 5.41) is 5.47. The summed E-state index contributed by atoms with van der Waals surface area (Å²) in [5.41, 5.74) is 2.38. The molecule has 29 heavy (non-hydrogen) atoms. The molecule has 0 aromatic heterocycles. The Bertz CT molecular complexity index is 936. The predicted molar refractivity (Wildman–Crippen MR) is 112 cm³/mol. The van der Waals surface area contributed by atoms with Crippen molar-refractivity contribution in [3.8, 4) is 0 Å². The highest BCUT2D eigenvalue weighted by molar-refractivity contribution is 6.10. The molecular weight excluding hydrogens is 368 g/mol. The zero-order valence-electron chi connectivity index (χ0n) is 16.3. The number of hydrogen-bond donors (Lipinski definition) is 2. The summed E-state index contributed by atoms with van der Waals surface area (Å²) >= 11 is 0. The van der Waals surface area contributed by atoms with Gasteiger partial charge in [0.1, 0.15) is 0 Å². The molecule has 0 fully saturated rings. The van der Waals surface area contributed by atoms with E-state index in [4.69, 9.17) is 4.74 Å². The number of carbonyl (C=O) groups is 3. The minimum atomic E-state index is -0.490. The number of amides is 2. The van der Waals surface area contributed by atoms with Gasteiger partial charge in [0.05, 0.1) is 17.7 Å². The standard InChI is InChI=1S/C23H24N2O4/c1-16-7-6-10-18(13-16)24-23(28)19-11-4-5-12-20(19)25-21(26)15-29-22(27)14-17-8-2-3-9-17/h2,4-8,10-13,17H,3,9,14-15H2,1H3,(H,24,28)(H,25,26)/t17-/m0/s1. The van der Waals surface area contributed by atoms with E-state index >= 15 is 0 Å². The summed E-state index contributed by atoms with van der Waals surface area (Å²) in [6, 6.07) is 14.1. The molecule has 2 N–H and O–H groups in total. The smallest absolute Gasteiger partial charge is 0.306 e. The lowest BCUT2D eigenvalue weighted by molar-refractivity contribution is -0.147. The molecule has 6 nitrogen and oxygen atoms in total. The first kappa shape index (κ1) is 20.3. The average molecular weight is 392 g/mol. The number of allylic oxidation sites excluding steroid dienone is 2. The van der Waals surface area contributed by atoms with Gasteiger partial charge in [-0.3, -0.25) is 14.4 Å². The van der Waals surface area contributed by atoms with Crippen LogP contribution in [-0.4, -0.2) is 24.4 Å². The maximum atomic E-state index is 12.6. The first-order valence-corrected chi connectivity index (χ1v) is 9.60. The Kier molecular flexibility index (Phi) is 6.79. The fourth-order valence-electron chi connectivity index (χ4n) is 3.18. The van der Waals surface area contributed by atoms with E-state index in [1.165, 1.54) is 0 Å². The van der Waals surface area contributed by atoms with Gasteiger partial charge in [-0.2, -0.15) is 0 Å². The third-order valence-electron chi connectivity index (χ3n) is 4.63. The minimum Gasteiger partial charge on any atom is -0.456 e. The van der Waals surface area contributed by atoms with E-state index in [-0.39, 0.29) is 24.9 Å². The fraction of sp³-hybridized carbons (Fsp3) is 0.261. The summed E-state index contributed by atoms with van der Waals surface area (Å²) in [4.78, 5) is 36.7. The van der Waals surface area contributed by atoms with Crippen LogP contribution in [0.15, 0.2) is 60.7 Å². The second kappa shape index (κ2) is 9.68. The summed E-state index contributed by atoms with van der Waals surface area (Å²) in [5.74, 6) is -1.04. The number of esters is 1. The molecular formula is C23H24N2O4. The van der Waals surface area contributed by atoms with Gasteiger partial charge in [-0.15, -0.1) is 0 Å². The van der Waals surface area contributed by atoms with Crippen LogP contribution < -0.4 is 10.6 Å². The summed E-state index contributed by atoms with van der Waals surface area (Å²) < 4.78 is 5.06. The highest BCUT2D eigenvalue weighted by Gasteiger charge is 2.17. The van der Waals surface area contributed by atoms with Crippen molar-refractivity contribution in [2.75, 3.05) is 17.2 Å². The molecule has 2 amide bonds. The van der Waals surface area contributed by atoms with Crippen LogP contribution >= 0.6 is 0 Å².